The van der Waals surface area contributed by atoms with Crippen LogP contribution >= 0.6 is 11.3 Å². The largest absolute Gasteiger partial charge is 0.459 e. The lowest BCUT2D eigenvalue weighted by Crippen LogP contribution is -2.28. The Kier molecular flexibility index (Phi) is 6.96. The molecule has 1 aliphatic heterocycles. The number of anilines is 2. The number of esters is 1. The van der Waals surface area contributed by atoms with Crippen LogP contribution in [0.15, 0.2) is 48.1 Å². The van der Waals surface area contributed by atoms with Gasteiger partial charge in [0.2, 0.25) is 0 Å². The molecular weight excluding hydrogens is 464 g/mol. The Morgan fingerprint density at radius 2 is 1.97 bits per heavy atom. The molecule has 35 heavy (non-hydrogen) atoms. The van der Waals surface area contributed by atoms with E-state index >= 15 is 0 Å². The fourth-order valence-corrected chi connectivity index (χ4v) is 4.43. The Balaban J connectivity index is 1.22. The normalized spacial score (nSPS) is 15.2. The van der Waals surface area contributed by atoms with Crippen LogP contribution in [-0.4, -0.2) is 55.1 Å². The van der Waals surface area contributed by atoms with Gasteiger partial charge in [-0.05, 0) is 50.6 Å². The van der Waals surface area contributed by atoms with Crippen LogP contribution < -0.4 is 10.6 Å². The first-order chi connectivity index (χ1) is 17.1. The van der Waals surface area contributed by atoms with Crippen molar-refractivity contribution >= 4 is 28.9 Å². The van der Waals surface area contributed by atoms with Crippen molar-refractivity contribution in [3.05, 3.63) is 70.3 Å². The number of pyridine rings is 1. The highest BCUT2D eigenvalue weighted by Crippen LogP contribution is 2.19. The first kappa shape index (κ1) is 22.9. The molecule has 0 amide bonds. The Hall–Kier alpha value is -3.83. The molecule has 0 radical (unpaired) electrons. The number of aromatic nitrogens is 6. The summed E-state index contributed by atoms with van der Waals surface area (Å²) < 4.78 is 5.39. The summed E-state index contributed by atoms with van der Waals surface area (Å²) in [6, 6.07) is 9.49. The molecule has 1 fully saturated rings. The number of hydrogen-bond acceptors (Lipinski definition) is 11. The maximum Gasteiger partial charge on any atom is 0.357 e. The second-order valence-corrected chi connectivity index (χ2v) is 9.05. The molecule has 5 rings (SSSR count). The van der Waals surface area contributed by atoms with Gasteiger partial charge in [-0.3, -0.25) is 0 Å². The highest BCUT2D eigenvalue weighted by atomic mass is 32.1. The smallest absolute Gasteiger partial charge is 0.357 e. The maximum atomic E-state index is 12.3. The minimum absolute atomic E-state index is 0.236. The number of carbonyl (C=O) groups is 1. The van der Waals surface area contributed by atoms with E-state index in [9.17, 15) is 4.79 Å². The number of carbonyl (C=O) groups excluding carboxylic acids is 1. The van der Waals surface area contributed by atoms with Gasteiger partial charge < -0.3 is 15.4 Å². The van der Waals surface area contributed by atoms with Crippen LogP contribution in [0.25, 0.3) is 11.5 Å². The monoisotopic (exact) mass is 488 g/mol. The van der Waals surface area contributed by atoms with E-state index in [1.54, 1.807) is 29.9 Å². The summed E-state index contributed by atoms with van der Waals surface area (Å²) in [5, 5.41) is 8.95. The van der Waals surface area contributed by atoms with Crippen LogP contribution in [0.2, 0.25) is 0 Å². The highest BCUT2D eigenvalue weighted by molar-refractivity contribution is 7.09. The molecule has 0 bridgehead atoms. The topological polar surface area (TPSA) is 128 Å². The molecule has 11 heteroatoms. The summed E-state index contributed by atoms with van der Waals surface area (Å²) in [7, 11) is 0. The van der Waals surface area contributed by atoms with Gasteiger partial charge in [-0.25, -0.2) is 34.7 Å². The van der Waals surface area contributed by atoms with Crippen LogP contribution in [-0.2, 0) is 11.2 Å². The minimum atomic E-state index is -0.403. The van der Waals surface area contributed by atoms with Crippen molar-refractivity contribution in [1.82, 2.24) is 35.2 Å². The zero-order valence-corrected chi connectivity index (χ0v) is 20.0. The zero-order valence-electron chi connectivity index (χ0n) is 19.1. The SMILES string of the molecule is Cc1cccc(-c2nccc(Nc3ccnc(Cc4nc(C(=O)OC[C@H]5CCCN5)cs4)n3)n2)n1. The van der Waals surface area contributed by atoms with E-state index in [0.29, 0.717) is 47.7 Å². The van der Waals surface area contributed by atoms with Gasteiger partial charge in [0.1, 0.15) is 34.8 Å². The first-order valence-electron chi connectivity index (χ1n) is 11.3. The summed E-state index contributed by atoms with van der Waals surface area (Å²) in [5.74, 6) is 1.89. The fourth-order valence-electron chi connectivity index (χ4n) is 3.67. The van der Waals surface area contributed by atoms with Crippen LogP contribution in [0.4, 0.5) is 11.6 Å². The predicted octanol–water partition coefficient (Wildman–Crippen LogP) is 3.34. The van der Waals surface area contributed by atoms with Gasteiger partial charge in [-0.15, -0.1) is 11.3 Å². The number of rotatable bonds is 8. The van der Waals surface area contributed by atoms with Gasteiger partial charge in [0.25, 0.3) is 0 Å². The van der Waals surface area contributed by atoms with E-state index in [2.05, 4.69) is 40.5 Å². The molecule has 4 aromatic rings. The molecular formula is C24H24N8O2S. The van der Waals surface area contributed by atoms with E-state index in [0.717, 1.165) is 30.1 Å². The maximum absolute atomic E-state index is 12.3. The lowest BCUT2D eigenvalue weighted by molar-refractivity contribution is 0.0467. The van der Waals surface area contributed by atoms with E-state index in [1.807, 2.05) is 25.1 Å². The molecule has 2 N–H and O–H groups in total. The first-order valence-corrected chi connectivity index (χ1v) is 12.2. The molecule has 0 aliphatic carbocycles. The average Bonchev–Trinajstić information content (AvgIpc) is 3.56. The Labute approximate surface area is 206 Å². The molecule has 178 valence electrons. The van der Waals surface area contributed by atoms with Crippen molar-refractivity contribution in [3.63, 3.8) is 0 Å². The van der Waals surface area contributed by atoms with Crippen molar-refractivity contribution < 1.29 is 9.53 Å². The molecule has 0 aromatic carbocycles. The van der Waals surface area contributed by atoms with Crippen molar-refractivity contribution in [2.24, 2.45) is 0 Å². The van der Waals surface area contributed by atoms with E-state index < -0.39 is 5.97 Å². The van der Waals surface area contributed by atoms with Crippen molar-refractivity contribution in [2.45, 2.75) is 32.2 Å². The average molecular weight is 489 g/mol. The zero-order chi connectivity index (χ0) is 24.0. The standard InChI is InChI=1S/C24H24N8O2S/c1-15-4-2-6-17(28-15)23-27-11-8-20(32-23)30-19-7-10-26-21(31-19)12-22-29-18(14-35-22)24(33)34-13-16-5-3-9-25-16/h2,4,6-8,10-11,14,16,25H,3,5,9,12-13H2,1H3,(H,26,27,30,31,32)/t16-/m1/s1. The molecule has 0 saturated carbocycles. The van der Waals surface area contributed by atoms with Crippen LogP contribution in [0.1, 0.15) is 39.9 Å². The van der Waals surface area contributed by atoms with Gasteiger partial charge in [-0.2, -0.15) is 0 Å². The summed E-state index contributed by atoms with van der Waals surface area (Å²) in [6.07, 6.45) is 5.89. The second kappa shape index (κ2) is 10.6. The van der Waals surface area contributed by atoms with Gasteiger partial charge >= 0.3 is 5.97 Å². The molecule has 4 aromatic heterocycles. The molecule has 1 aliphatic rings. The van der Waals surface area contributed by atoms with Crippen LogP contribution in [0.5, 0.6) is 0 Å². The number of aryl methyl sites for hydroxylation is 1. The van der Waals surface area contributed by atoms with Gasteiger partial charge in [0.05, 0.1) is 6.42 Å². The minimum Gasteiger partial charge on any atom is -0.459 e. The number of hydrogen-bond donors (Lipinski definition) is 2. The number of nitrogens with zero attached hydrogens (tertiary/aromatic N) is 6. The van der Waals surface area contributed by atoms with Gasteiger partial charge in [0.15, 0.2) is 11.5 Å². The van der Waals surface area contributed by atoms with E-state index in [4.69, 9.17) is 4.74 Å². The molecule has 1 saturated heterocycles. The Bertz CT molecular complexity index is 1320. The van der Waals surface area contributed by atoms with Crippen molar-refractivity contribution in [1.29, 1.82) is 0 Å². The Morgan fingerprint density at radius 3 is 2.80 bits per heavy atom. The third kappa shape index (κ3) is 6.00. The third-order valence-electron chi connectivity index (χ3n) is 5.38. The lowest BCUT2D eigenvalue weighted by atomic mass is 10.2. The van der Waals surface area contributed by atoms with Crippen LogP contribution in [0, 0.1) is 6.92 Å². The van der Waals surface area contributed by atoms with Gasteiger partial charge in [-0.1, -0.05) is 6.07 Å². The molecule has 5 heterocycles. The van der Waals surface area contributed by atoms with Crippen LogP contribution in [0.3, 0.4) is 0 Å². The number of thiazole rings is 1. The Morgan fingerprint density at radius 1 is 1.11 bits per heavy atom. The second-order valence-electron chi connectivity index (χ2n) is 8.11. The number of ether oxygens (including phenoxy) is 1. The van der Waals surface area contributed by atoms with E-state index in [-0.39, 0.29) is 6.04 Å². The predicted molar refractivity (Wildman–Crippen MR) is 132 cm³/mol. The summed E-state index contributed by atoms with van der Waals surface area (Å²) >= 11 is 1.39. The third-order valence-corrected chi connectivity index (χ3v) is 6.23. The summed E-state index contributed by atoms with van der Waals surface area (Å²) in [6.45, 7) is 3.27. The van der Waals surface area contributed by atoms with Crippen molar-refractivity contribution in [2.75, 3.05) is 18.5 Å². The molecule has 1 atom stereocenters. The number of nitrogens with one attached hydrogen (secondary N) is 2. The molecule has 0 spiro atoms. The molecule has 0 unspecified atom stereocenters. The quantitative estimate of drug-likeness (QED) is 0.356. The fraction of sp³-hybridized carbons (Fsp3) is 0.292. The molecule has 10 nitrogen and oxygen atoms in total. The summed E-state index contributed by atoms with van der Waals surface area (Å²) in [4.78, 5) is 39.0. The van der Waals surface area contributed by atoms with E-state index in [1.165, 1.54) is 11.3 Å². The highest BCUT2D eigenvalue weighted by Gasteiger charge is 2.18. The summed E-state index contributed by atoms with van der Waals surface area (Å²) in [5.41, 5.74) is 1.92. The van der Waals surface area contributed by atoms with Crippen molar-refractivity contribution in [3.8, 4) is 11.5 Å². The lowest BCUT2D eigenvalue weighted by Gasteiger charge is -2.09. The van der Waals surface area contributed by atoms with Gasteiger partial charge in [0, 0.05) is 29.5 Å².